The van der Waals surface area contributed by atoms with Gasteiger partial charge in [0, 0.05) is 24.2 Å². The van der Waals surface area contributed by atoms with Gasteiger partial charge < -0.3 is 23.3 Å². The Morgan fingerprint density at radius 3 is 1.59 bits per heavy atom. The quantitative estimate of drug-likeness (QED) is 0.469. The first-order chi connectivity index (χ1) is 7.34. The van der Waals surface area contributed by atoms with Gasteiger partial charge in [0.2, 0.25) is 11.8 Å². The van der Waals surface area contributed by atoms with Crippen LogP contribution >= 0.6 is 0 Å². The molecule has 2 N–H and O–H groups in total. The van der Waals surface area contributed by atoms with E-state index in [-0.39, 0.29) is 36.9 Å². The smallest absolute Gasteiger partial charge is 0.786 e. The number of hydrogen-bond acceptors (Lipinski definition) is 3. The molecule has 1 radical (unpaired) electrons. The van der Waals surface area contributed by atoms with E-state index in [4.69, 9.17) is 12.6 Å². The summed E-state index contributed by atoms with van der Waals surface area (Å²) in [5.41, 5.74) is 0.876. The molecule has 4 nitrogen and oxygen atoms in total. The van der Waals surface area contributed by atoms with Gasteiger partial charge in [-0.2, -0.15) is 0 Å². The van der Waals surface area contributed by atoms with Crippen LogP contribution in [-0.2, 0) is 42.0 Å². The minimum Gasteiger partial charge on any atom is -0.786 e. The summed E-state index contributed by atoms with van der Waals surface area (Å²) >= 11 is 5.06. The van der Waals surface area contributed by atoms with Crippen LogP contribution in [-0.4, -0.2) is 30.2 Å². The van der Waals surface area contributed by atoms with E-state index < -0.39 is 0 Å². The van der Waals surface area contributed by atoms with Crippen molar-refractivity contribution < 1.29 is 29.4 Å². The molecule has 0 saturated carbocycles. The van der Waals surface area contributed by atoms with Gasteiger partial charge in [-0.05, 0) is 13.8 Å². The number of nitrogens with one attached hydrogen (secondary N) is 2. The van der Waals surface area contributed by atoms with E-state index in [1.807, 2.05) is 0 Å². The summed E-state index contributed by atoms with van der Waals surface area (Å²) in [7, 11) is 0. The summed E-state index contributed by atoms with van der Waals surface area (Å²) in [6.07, 6.45) is 0. The molecule has 0 aliphatic rings. The van der Waals surface area contributed by atoms with Gasteiger partial charge in [0.05, 0.1) is 0 Å². The van der Waals surface area contributed by atoms with Crippen molar-refractivity contribution in [1.29, 1.82) is 0 Å². The van der Waals surface area contributed by atoms with Crippen molar-refractivity contribution in [2.24, 2.45) is 0 Å². The number of carbonyl (C=O) groups excluding carboxylic acids is 2. The second-order valence-corrected chi connectivity index (χ2v) is 4.27. The second kappa shape index (κ2) is 9.44. The fraction of sp³-hybridized carbons (Fsp3) is 0.455. The molecule has 2 amide bonds. The maximum Gasteiger partial charge on any atom is 1.00 e. The fourth-order valence-corrected chi connectivity index (χ4v) is 0.954. The van der Waals surface area contributed by atoms with Gasteiger partial charge in [-0.25, -0.2) is 0 Å². The van der Waals surface area contributed by atoms with E-state index in [1.165, 1.54) is 0 Å². The van der Waals surface area contributed by atoms with Crippen molar-refractivity contribution >= 4 is 24.4 Å². The van der Waals surface area contributed by atoms with Crippen LogP contribution in [0.4, 0.5) is 0 Å². The molecule has 0 heterocycles. The van der Waals surface area contributed by atoms with Gasteiger partial charge in [-0.3, -0.25) is 9.59 Å². The molecule has 6 heteroatoms. The van der Waals surface area contributed by atoms with E-state index in [0.29, 0.717) is 24.2 Å². The number of rotatable bonds is 6. The molecule has 0 aliphatic carbocycles. The van der Waals surface area contributed by atoms with Crippen LogP contribution in [0.2, 0.25) is 0 Å². The standard InChI is InChI=1S/C11H18N2O2S.Os/c1-7(2)10(14)12-5-9(16)6-13-11(15)8(3)4;/h9,16H,1,3,5-6H2,2,4H3,(H,12,14)(H,13,15);/q;+1/p-1. The Morgan fingerprint density at radius 2 is 1.35 bits per heavy atom. The summed E-state index contributed by atoms with van der Waals surface area (Å²) in [5, 5.41) is 4.99. The van der Waals surface area contributed by atoms with Gasteiger partial charge in [0.15, 0.2) is 0 Å². The second-order valence-electron chi connectivity index (χ2n) is 3.60. The van der Waals surface area contributed by atoms with Gasteiger partial charge in [-0.1, -0.05) is 13.2 Å². The molecule has 0 aromatic heterocycles. The third kappa shape index (κ3) is 9.14. The average molecular weight is 432 g/mol. The zero-order valence-corrected chi connectivity index (χ0v) is 13.3. The minimum atomic E-state index is -0.244. The summed E-state index contributed by atoms with van der Waals surface area (Å²) in [5.74, 6) is -0.442. The zero-order chi connectivity index (χ0) is 12.7. The Morgan fingerprint density at radius 1 is 1.06 bits per heavy atom. The Labute approximate surface area is 121 Å². The van der Waals surface area contributed by atoms with Crippen molar-refractivity contribution in [3.63, 3.8) is 0 Å². The molecule has 97 valence electrons. The zero-order valence-electron chi connectivity index (χ0n) is 9.98. The summed E-state index contributed by atoms with van der Waals surface area (Å²) in [6.45, 7) is 10.9. The summed E-state index contributed by atoms with van der Waals surface area (Å²) < 4.78 is 0. The van der Waals surface area contributed by atoms with Crippen molar-refractivity contribution in [3.8, 4) is 0 Å². The topological polar surface area (TPSA) is 58.2 Å². The Hall–Kier alpha value is -0.594. The van der Waals surface area contributed by atoms with Crippen molar-refractivity contribution in [2.45, 2.75) is 19.1 Å². The minimum absolute atomic E-state index is 0. The van der Waals surface area contributed by atoms with Crippen LogP contribution in [0.1, 0.15) is 13.8 Å². The first kappa shape index (κ1) is 18.8. The van der Waals surface area contributed by atoms with Crippen molar-refractivity contribution in [3.05, 3.63) is 24.3 Å². The van der Waals surface area contributed by atoms with Crippen LogP contribution in [0, 0.1) is 0 Å². The fourth-order valence-electron chi connectivity index (χ4n) is 0.787. The number of carbonyl (C=O) groups is 2. The molecule has 0 spiro atoms. The molecule has 0 bridgehead atoms. The first-order valence-corrected chi connectivity index (χ1v) is 5.35. The Bertz CT molecular complexity index is 289. The normalized spacial score (nSPS) is 9.18. The molecule has 0 unspecified atom stereocenters. The predicted molar refractivity (Wildman–Crippen MR) is 66.8 cm³/mol. The molecule has 0 aliphatic heterocycles. The van der Waals surface area contributed by atoms with E-state index in [9.17, 15) is 9.59 Å². The maximum atomic E-state index is 11.1. The van der Waals surface area contributed by atoms with Gasteiger partial charge in [0.25, 0.3) is 0 Å². The molecular formula is C11H17N2O2OsS. The largest absolute Gasteiger partial charge is 1.00 e. The van der Waals surface area contributed by atoms with Gasteiger partial charge in [0.1, 0.15) is 0 Å². The SMILES string of the molecule is C=C(C)C(=O)NCC([S-])CNC(=O)C(=C)C.[Os+]. The van der Waals surface area contributed by atoms with Gasteiger partial charge in [-0.15, -0.1) is 5.25 Å². The predicted octanol–water partition coefficient (Wildman–Crippen LogP) is 0.284. The van der Waals surface area contributed by atoms with E-state index >= 15 is 0 Å². The molecule has 0 aromatic rings. The Kier molecular flexibility index (Phi) is 10.4. The third-order valence-corrected chi connectivity index (χ3v) is 2.09. The number of hydrogen-bond donors (Lipinski definition) is 2. The van der Waals surface area contributed by atoms with E-state index in [0.717, 1.165) is 0 Å². The van der Waals surface area contributed by atoms with Crippen LogP contribution in [0.25, 0.3) is 0 Å². The van der Waals surface area contributed by atoms with Crippen LogP contribution in [0.15, 0.2) is 24.3 Å². The van der Waals surface area contributed by atoms with Crippen molar-refractivity contribution in [1.82, 2.24) is 10.6 Å². The molecular weight excluding hydrogens is 414 g/mol. The number of amides is 2. The monoisotopic (exact) mass is 433 g/mol. The van der Waals surface area contributed by atoms with Crippen LogP contribution in [0.3, 0.4) is 0 Å². The summed E-state index contributed by atoms with van der Waals surface area (Å²) in [4.78, 5) is 22.3. The molecule has 0 aromatic carbocycles. The molecule has 0 atom stereocenters. The van der Waals surface area contributed by atoms with E-state index in [1.54, 1.807) is 13.8 Å². The van der Waals surface area contributed by atoms with Crippen molar-refractivity contribution in [2.75, 3.05) is 13.1 Å². The maximum absolute atomic E-state index is 11.1. The third-order valence-electron chi connectivity index (χ3n) is 1.76. The van der Waals surface area contributed by atoms with Crippen LogP contribution < -0.4 is 10.6 Å². The molecule has 0 fully saturated rings. The first-order valence-electron chi connectivity index (χ1n) is 4.87. The van der Waals surface area contributed by atoms with E-state index in [2.05, 4.69) is 23.8 Å². The average Bonchev–Trinajstić information content (AvgIpc) is 2.21. The van der Waals surface area contributed by atoms with Gasteiger partial charge >= 0.3 is 19.8 Å². The Balaban J connectivity index is 0. The molecule has 17 heavy (non-hydrogen) atoms. The summed E-state index contributed by atoms with van der Waals surface area (Å²) in [6, 6.07) is 0. The van der Waals surface area contributed by atoms with Crippen LogP contribution in [0.5, 0.6) is 0 Å². The molecule has 0 saturated heterocycles. The molecule has 0 rings (SSSR count).